The lowest BCUT2D eigenvalue weighted by atomic mass is 10.1. The third-order valence-corrected chi connectivity index (χ3v) is 4.32. The van der Waals surface area contributed by atoms with Crippen LogP contribution in [0.4, 0.5) is 5.82 Å². The molecule has 105 valence electrons. The van der Waals surface area contributed by atoms with Gasteiger partial charge in [0.2, 0.25) is 0 Å². The van der Waals surface area contributed by atoms with Crippen LogP contribution < -0.4 is 5.73 Å². The van der Waals surface area contributed by atoms with E-state index in [1.807, 2.05) is 30.5 Å². The van der Waals surface area contributed by atoms with Crippen LogP contribution in [0.5, 0.6) is 0 Å². The number of fused-ring (bicyclic) bond motifs is 1. The van der Waals surface area contributed by atoms with Crippen molar-refractivity contribution < 1.29 is 0 Å². The molecule has 2 aromatic heterocycles. The summed E-state index contributed by atoms with van der Waals surface area (Å²) in [7, 11) is 0. The predicted octanol–water partition coefficient (Wildman–Crippen LogP) is 3.44. The van der Waals surface area contributed by atoms with Crippen LogP contribution in [0.1, 0.15) is 37.4 Å². The van der Waals surface area contributed by atoms with Crippen molar-refractivity contribution in [2.45, 2.75) is 31.6 Å². The van der Waals surface area contributed by atoms with Gasteiger partial charge in [0.05, 0.1) is 0 Å². The summed E-state index contributed by atoms with van der Waals surface area (Å²) < 4.78 is 2.13. The molecule has 0 unspecified atom stereocenters. The number of nitrogens with two attached hydrogens (primary N) is 1. The monoisotopic (exact) mass is 277 g/mol. The van der Waals surface area contributed by atoms with E-state index < -0.39 is 0 Å². The van der Waals surface area contributed by atoms with E-state index in [9.17, 15) is 0 Å². The Morgan fingerprint density at radius 1 is 1.19 bits per heavy atom. The van der Waals surface area contributed by atoms with Gasteiger partial charge in [-0.05, 0) is 18.9 Å². The molecule has 4 heteroatoms. The van der Waals surface area contributed by atoms with Crippen molar-refractivity contribution in [3.05, 3.63) is 48.5 Å². The number of anilines is 1. The number of imidazole rings is 1. The third kappa shape index (κ3) is 1.98. The Balaban J connectivity index is 1.98. The number of hydrogen-bond acceptors (Lipinski definition) is 3. The molecule has 2 N–H and O–H groups in total. The highest BCUT2D eigenvalue weighted by atomic mass is 15.1. The number of nitrogen functional groups attached to an aromatic ring is 1. The Bertz CT molecular complexity index is 770. The van der Waals surface area contributed by atoms with E-state index in [0.717, 1.165) is 22.6 Å². The number of benzene rings is 1. The number of aromatic nitrogens is 3. The molecule has 21 heavy (non-hydrogen) atoms. The van der Waals surface area contributed by atoms with Gasteiger partial charge in [-0.15, -0.1) is 0 Å². The minimum Gasteiger partial charge on any atom is -0.382 e. The normalized spacial score (nSPS) is 15.8. The number of nitrogens with zero attached hydrogens (tertiary/aromatic N) is 3. The van der Waals surface area contributed by atoms with Gasteiger partial charge in [0.1, 0.15) is 22.9 Å². The summed E-state index contributed by atoms with van der Waals surface area (Å²) in [5, 5.41) is 0. The maximum absolute atomic E-state index is 6.13. The van der Waals surface area contributed by atoms with E-state index in [4.69, 9.17) is 10.7 Å². The summed E-state index contributed by atoms with van der Waals surface area (Å²) in [5.74, 6) is 2.19. The molecule has 1 fully saturated rings. The maximum atomic E-state index is 6.13. The quantitative estimate of drug-likeness (QED) is 0.780. The predicted molar refractivity (Wildman–Crippen MR) is 82.9 cm³/mol. The molecule has 0 atom stereocenters. The van der Waals surface area contributed by atoms with E-state index in [-0.39, 0.29) is 0 Å². The van der Waals surface area contributed by atoms with E-state index >= 15 is 0 Å². The molecule has 0 aliphatic heterocycles. The topological polar surface area (TPSA) is 56.2 Å². The lowest BCUT2D eigenvalue weighted by molar-refractivity contribution is 0.665. The third-order valence-electron chi connectivity index (χ3n) is 4.32. The fourth-order valence-corrected chi connectivity index (χ4v) is 3.31. The van der Waals surface area contributed by atoms with Crippen LogP contribution in [-0.2, 0) is 0 Å². The second-order valence-corrected chi connectivity index (χ2v) is 5.62. The zero-order chi connectivity index (χ0) is 14.2. The van der Waals surface area contributed by atoms with Gasteiger partial charge in [0.25, 0.3) is 0 Å². The van der Waals surface area contributed by atoms with E-state index in [0.29, 0.717) is 11.7 Å². The molecule has 0 spiro atoms. The molecule has 0 saturated heterocycles. The summed E-state index contributed by atoms with van der Waals surface area (Å²) in [6.45, 7) is 0. The summed E-state index contributed by atoms with van der Waals surface area (Å²) in [6, 6.07) is 10.9. The lowest BCUT2D eigenvalue weighted by Crippen LogP contribution is -2.01. The summed E-state index contributed by atoms with van der Waals surface area (Å²) in [4.78, 5) is 9.17. The van der Waals surface area contributed by atoms with Crippen LogP contribution >= 0.6 is 0 Å². The van der Waals surface area contributed by atoms with Gasteiger partial charge in [-0.2, -0.15) is 0 Å². The first-order valence-electron chi connectivity index (χ1n) is 7.43. The Kier molecular flexibility index (Phi) is 2.88. The fourth-order valence-electron chi connectivity index (χ4n) is 3.31. The van der Waals surface area contributed by atoms with E-state index in [2.05, 4.69) is 15.5 Å². The molecule has 3 aromatic rings. The first-order chi connectivity index (χ1) is 10.3. The smallest absolute Gasteiger partial charge is 0.150 e. The van der Waals surface area contributed by atoms with Crippen LogP contribution in [0.25, 0.3) is 16.8 Å². The molecular formula is C17H17N4. The highest BCUT2D eigenvalue weighted by molar-refractivity contribution is 5.85. The van der Waals surface area contributed by atoms with Crippen molar-refractivity contribution in [2.24, 2.45) is 0 Å². The summed E-state index contributed by atoms with van der Waals surface area (Å²) in [5.41, 5.74) is 9.04. The largest absolute Gasteiger partial charge is 0.382 e. The summed E-state index contributed by atoms with van der Waals surface area (Å²) >= 11 is 0. The van der Waals surface area contributed by atoms with Crippen LogP contribution in [0.3, 0.4) is 0 Å². The zero-order valence-electron chi connectivity index (χ0n) is 11.8. The average molecular weight is 277 g/mol. The molecule has 1 saturated carbocycles. The molecule has 4 nitrogen and oxygen atoms in total. The van der Waals surface area contributed by atoms with Crippen molar-refractivity contribution in [1.82, 2.24) is 14.4 Å². The van der Waals surface area contributed by atoms with Gasteiger partial charge < -0.3 is 5.73 Å². The lowest BCUT2D eigenvalue weighted by Gasteiger charge is -2.07. The van der Waals surface area contributed by atoms with Gasteiger partial charge in [0, 0.05) is 23.9 Å². The molecule has 1 radical (unpaired) electrons. The van der Waals surface area contributed by atoms with Crippen LogP contribution in [0, 0.1) is 6.07 Å². The van der Waals surface area contributed by atoms with Crippen molar-refractivity contribution >= 4 is 11.3 Å². The van der Waals surface area contributed by atoms with Crippen molar-refractivity contribution in [2.75, 3.05) is 5.73 Å². The Morgan fingerprint density at radius 3 is 2.71 bits per heavy atom. The Morgan fingerprint density at radius 2 is 1.95 bits per heavy atom. The SMILES string of the molecule is Nc1nccn2c(C3CCCC3)nc(-c3cc[c]cc3)c12. The van der Waals surface area contributed by atoms with Gasteiger partial charge >= 0.3 is 0 Å². The van der Waals surface area contributed by atoms with Gasteiger partial charge in [-0.25, -0.2) is 9.97 Å². The summed E-state index contributed by atoms with van der Waals surface area (Å²) in [6.07, 6.45) is 8.73. The molecule has 2 heterocycles. The Hall–Kier alpha value is -2.36. The minimum atomic E-state index is 0.531. The van der Waals surface area contributed by atoms with E-state index in [1.54, 1.807) is 6.20 Å². The highest BCUT2D eigenvalue weighted by Gasteiger charge is 2.24. The fraction of sp³-hybridized carbons (Fsp3) is 0.294. The molecular weight excluding hydrogens is 260 g/mol. The van der Waals surface area contributed by atoms with Crippen molar-refractivity contribution in [1.29, 1.82) is 0 Å². The molecule has 1 aromatic carbocycles. The number of rotatable bonds is 2. The second kappa shape index (κ2) is 4.88. The van der Waals surface area contributed by atoms with E-state index in [1.165, 1.54) is 25.7 Å². The van der Waals surface area contributed by atoms with Crippen LogP contribution in [0.2, 0.25) is 0 Å². The second-order valence-electron chi connectivity index (χ2n) is 5.62. The van der Waals surface area contributed by atoms with Gasteiger partial charge in [-0.1, -0.05) is 37.1 Å². The molecule has 4 rings (SSSR count). The zero-order valence-corrected chi connectivity index (χ0v) is 11.8. The van der Waals surface area contributed by atoms with Gasteiger partial charge in [-0.3, -0.25) is 4.40 Å². The van der Waals surface area contributed by atoms with Crippen molar-refractivity contribution in [3.63, 3.8) is 0 Å². The van der Waals surface area contributed by atoms with Crippen LogP contribution in [0.15, 0.2) is 36.7 Å². The first-order valence-corrected chi connectivity index (χ1v) is 7.43. The molecule has 1 aliphatic carbocycles. The standard InChI is InChI=1S/C17H17N4/c18-16-15-14(12-6-2-1-3-7-12)20-17(13-8-4-5-9-13)21(15)11-10-19-16/h2-3,6-7,10-11,13H,4-5,8-9H2,(H2,18,19). The Labute approximate surface area is 123 Å². The average Bonchev–Trinajstić information content (AvgIpc) is 3.16. The maximum Gasteiger partial charge on any atom is 0.150 e. The minimum absolute atomic E-state index is 0.531. The molecule has 0 bridgehead atoms. The van der Waals surface area contributed by atoms with Crippen LogP contribution in [-0.4, -0.2) is 14.4 Å². The number of hydrogen-bond donors (Lipinski definition) is 1. The van der Waals surface area contributed by atoms with Crippen molar-refractivity contribution in [3.8, 4) is 11.3 Å². The molecule has 0 amide bonds. The first kappa shape index (κ1) is 12.4. The highest BCUT2D eigenvalue weighted by Crippen LogP contribution is 2.37. The molecule has 1 aliphatic rings. The van der Waals surface area contributed by atoms with Gasteiger partial charge in [0.15, 0.2) is 0 Å².